The zero-order valence-corrected chi connectivity index (χ0v) is 13.3. The number of rotatable bonds is 8. The minimum Gasteiger partial charge on any atom is -0.482 e. The van der Waals surface area contributed by atoms with E-state index in [0.717, 1.165) is 12.5 Å². The van der Waals surface area contributed by atoms with Gasteiger partial charge in [-0.3, -0.25) is 4.79 Å². The molecular weight excluding hydrogens is 308 g/mol. The number of carbonyl (C=O) groups excluding carboxylic acids is 2. The van der Waals surface area contributed by atoms with Gasteiger partial charge < -0.3 is 20.1 Å². The second-order valence-corrected chi connectivity index (χ2v) is 5.02. The Morgan fingerprint density at radius 2 is 2.09 bits per heavy atom. The van der Waals surface area contributed by atoms with E-state index in [1.54, 1.807) is 24.3 Å². The van der Waals surface area contributed by atoms with Crippen molar-refractivity contribution in [2.75, 3.05) is 32.1 Å². The molecule has 1 aliphatic rings. The molecule has 2 N–H and O–H groups in total. The van der Waals surface area contributed by atoms with E-state index in [0.29, 0.717) is 18.0 Å². The highest BCUT2D eigenvalue weighted by atomic mass is 35.5. The second-order valence-electron chi connectivity index (χ2n) is 5.02. The maximum Gasteiger partial charge on any atom is 0.343 e. The van der Waals surface area contributed by atoms with Crippen LogP contribution >= 0.6 is 12.4 Å². The van der Waals surface area contributed by atoms with Crippen LogP contribution in [0.25, 0.3) is 0 Å². The van der Waals surface area contributed by atoms with E-state index in [4.69, 9.17) is 4.74 Å². The first-order chi connectivity index (χ1) is 10.2. The summed E-state index contributed by atoms with van der Waals surface area (Å²) >= 11 is 0. The summed E-state index contributed by atoms with van der Waals surface area (Å²) < 4.78 is 9.75. The molecule has 0 aliphatic heterocycles. The number of nitrogens with one attached hydrogen (secondary N) is 2. The first-order valence-electron chi connectivity index (χ1n) is 6.97. The van der Waals surface area contributed by atoms with Gasteiger partial charge in [0.15, 0.2) is 6.61 Å². The minimum absolute atomic E-state index is 0. The number of halogens is 1. The van der Waals surface area contributed by atoms with Gasteiger partial charge in [0.2, 0.25) is 5.91 Å². The summed E-state index contributed by atoms with van der Waals surface area (Å²) in [5.74, 6) is 0.700. The molecule has 6 nitrogen and oxygen atoms in total. The van der Waals surface area contributed by atoms with Crippen molar-refractivity contribution in [2.24, 2.45) is 5.92 Å². The van der Waals surface area contributed by atoms with Gasteiger partial charge in [0.25, 0.3) is 0 Å². The first kappa shape index (κ1) is 18.3. The Hall–Kier alpha value is -1.79. The van der Waals surface area contributed by atoms with Crippen LogP contribution in [0.1, 0.15) is 12.8 Å². The highest BCUT2D eigenvalue weighted by Crippen LogP contribution is 2.27. The van der Waals surface area contributed by atoms with Crippen LogP contribution in [0.4, 0.5) is 5.69 Å². The third kappa shape index (κ3) is 6.78. The Balaban J connectivity index is 0.00000242. The Bertz CT molecular complexity index is 506. The molecule has 0 spiro atoms. The van der Waals surface area contributed by atoms with Crippen molar-refractivity contribution in [3.05, 3.63) is 24.3 Å². The molecule has 1 amide bonds. The van der Waals surface area contributed by atoms with Gasteiger partial charge in [-0.1, -0.05) is 6.07 Å². The maximum absolute atomic E-state index is 11.7. The van der Waals surface area contributed by atoms with E-state index in [1.807, 2.05) is 0 Å². The lowest BCUT2D eigenvalue weighted by molar-refractivity contribution is -0.142. The number of amides is 1. The van der Waals surface area contributed by atoms with Crippen molar-refractivity contribution in [3.63, 3.8) is 0 Å². The first-order valence-corrected chi connectivity index (χ1v) is 6.97. The van der Waals surface area contributed by atoms with Crippen LogP contribution in [0.2, 0.25) is 0 Å². The van der Waals surface area contributed by atoms with Gasteiger partial charge in [0.1, 0.15) is 5.75 Å². The van der Waals surface area contributed by atoms with Crippen LogP contribution < -0.4 is 15.4 Å². The summed E-state index contributed by atoms with van der Waals surface area (Å²) in [6.45, 7) is 1.04. The lowest BCUT2D eigenvalue weighted by atomic mass is 10.3. The molecule has 7 heteroatoms. The molecule has 0 radical (unpaired) electrons. The highest BCUT2D eigenvalue weighted by Gasteiger charge is 2.20. The van der Waals surface area contributed by atoms with Gasteiger partial charge in [-0.2, -0.15) is 0 Å². The summed E-state index contributed by atoms with van der Waals surface area (Å²) in [7, 11) is 1.30. The van der Waals surface area contributed by atoms with E-state index in [-0.39, 0.29) is 24.9 Å². The largest absolute Gasteiger partial charge is 0.482 e. The fourth-order valence-electron chi connectivity index (χ4n) is 1.78. The van der Waals surface area contributed by atoms with Crippen molar-refractivity contribution < 1.29 is 19.1 Å². The predicted molar refractivity (Wildman–Crippen MR) is 85.4 cm³/mol. The molecule has 0 heterocycles. The summed E-state index contributed by atoms with van der Waals surface area (Å²) in [4.78, 5) is 22.8. The zero-order chi connectivity index (χ0) is 15.1. The molecule has 0 bridgehead atoms. The summed E-state index contributed by atoms with van der Waals surface area (Å²) in [6.07, 6.45) is 2.52. The van der Waals surface area contributed by atoms with Crippen LogP contribution in [0.3, 0.4) is 0 Å². The molecule has 1 aliphatic carbocycles. The molecule has 0 unspecified atom stereocenters. The fraction of sp³-hybridized carbons (Fsp3) is 0.467. The molecule has 122 valence electrons. The van der Waals surface area contributed by atoms with Crippen LogP contribution in [0.5, 0.6) is 5.75 Å². The van der Waals surface area contributed by atoms with E-state index in [9.17, 15) is 9.59 Å². The molecular formula is C15H21ClN2O4. The quantitative estimate of drug-likeness (QED) is 0.709. The van der Waals surface area contributed by atoms with Gasteiger partial charge in [0.05, 0.1) is 13.7 Å². The van der Waals surface area contributed by atoms with Crippen LogP contribution in [0.15, 0.2) is 24.3 Å². The van der Waals surface area contributed by atoms with E-state index < -0.39 is 5.97 Å². The molecule has 1 aromatic rings. The number of carbonyl (C=O) groups is 2. The Morgan fingerprint density at radius 3 is 2.77 bits per heavy atom. The SMILES string of the molecule is COC(=O)COc1cccc(NC(=O)CNCC2CC2)c1.Cl. The number of hydrogen-bond acceptors (Lipinski definition) is 5. The van der Waals surface area contributed by atoms with Gasteiger partial charge in [0, 0.05) is 11.8 Å². The molecule has 2 rings (SSSR count). The zero-order valence-electron chi connectivity index (χ0n) is 12.5. The standard InChI is InChI=1S/C15H20N2O4.ClH/c1-20-15(19)10-21-13-4-2-3-12(7-13)17-14(18)9-16-8-11-5-6-11;/h2-4,7,11,16H,5-6,8-10H2,1H3,(H,17,18);1H. The number of esters is 1. The van der Waals surface area contributed by atoms with E-state index in [2.05, 4.69) is 15.4 Å². The Kier molecular flexibility index (Phi) is 7.70. The van der Waals surface area contributed by atoms with Gasteiger partial charge in [-0.25, -0.2) is 4.79 Å². The molecule has 1 aromatic carbocycles. The average Bonchev–Trinajstić information content (AvgIpc) is 3.29. The van der Waals surface area contributed by atoms with Gasteiger partial charge in [-0.15, -0.1) is 12.4 Å². The minimum atomic E-state index is -0.450. The molecule has 0 atom stereocenters. The smallest absolute Gasteiger partial charge is 0.343 e. The van der Waals surface area contributed by atoms with Gasteiger partial charge in [-0.05, 0) is 37.4 Å². The Morgan fingerprint density at radius 1 is 1.32 bits per heavy atom. The lowest BCUT2D eigenvalue weighted by Crippen LogP contribution is -2.29. The van der Waals surface area contributed by atoms with Crippen molar-refractivity contribution in [2.45, 2.75) is 12.8 Å². The topological polar surface area (TPSA) is 76.7 Å². The number of ether oxygens (including phenoxy) is 2. The van der Waals surface area contributed by atoms with E-state index >= 15 is 0 Å². The van der Waals surface area contributed by atoms with Crippen molar-refractivity contribution in [3.8, 4) is 5.75 Å². The summed E-state index contributed by atoms with van der Waals surface area (Å²) in [6, 6.07) is 6.90. The van der Waals surface area contributed by atoms with E-state index in [1.165, 1.54) is 20.0 Å². The summed E-state index contributed by atoms with van der Waals surface area (Å²) in [5.41, 5.74) is 0.635. The Labute approximate surface area is 136 Å². The lowest BCUT2D eigenvalue weighted by Gasteiger charge is -2.09. The monoisotopic (exact) mass is 328 g/mol. The van der Waals surface area contributed by atoms with Crippen LogP contribution in [0, 0.1) is 5.92 Å². The second kappa shape index (κ2) is 9.27. The predicted octanol–water partition coefficient (Wildman–Crippen LogP) is 1.60. The normalized spacial score (nSPS) is 13.0. The molecule has 1 fully saturated rings. The maximum atomic E-state index is 11.7. The summed E-state index contributed by atoms with van der Waals surface area (Å²) in [5, 5.41) is 5.91. The van der Waals surface area contributed by atoms with Crippen molar-refractivity contribution >= 4 is 30.0 Å². The van der Waals surface area contributed by atoms with Crippen molar-refractivity contribution in [1.29, 1.82) is 0 Å². The third-order valence-corrected chi connectivity index (χ3v) is 3.12. The number of anilines is 1. The van der Waals surface area contributed by atoms with Crippen LogP contribution in [-0.4, -0.2) is 38.7 Å². The number of methoxy groups -OCH3 is 1. The molecule has 0 saturated heterocycles. The van der Waals surface area contributed by atoms with Gasteiger partial charge >= 0.3 is 5.97 Å². The number of hydrogen-bond donors (Lipinski definition) is 2. The highest BCUT2D eigenvalue weighted by molar-refractivity contribution is 5.92. The van der Waals surface area contributed by atoms with Crippen molar-refractivity contribution in [1.82, 2.24) is 5.32 Å². The fourth-order valence-corrected chi connectivity index (χ4v) is 1.78. The van der Waals surface area contributed by atoms with Crippen LogP contribution in [-0.2, 0) is 14.3 Å². The molecule has 0 aromatic heterocycles. The molecule has 1 saturated carbocycles. The third-order valence-electron chi connectivity index (χ3n) is 3.12. The average molecular weight is 329 g/mol. The molecule has 22 heavy (non-hydrogen) atoms. The number of benzene rings is 1.